The van der Waals surface area contributed by atoms with Crippen LogP contribution in [0.4, 0.5) is 0 Å². The van der Waals surface area contributed by atoms with Gasteiger partial charge >= 0.3 is 0 Å². The van der Waals surface area contributed by atoms with Gasteiger partial charge in [0.2, 0.25) is 0 Å². The van der Waals surface area contributed by atoms with Crippen LogP contribution in [0.25, 0.3) is 22.2 Å². The number of aromatic amines is 1. The van der Waals surface area contributed by atoms with Gasteiger partial charge in [-0.1, -0.05) is 43.1 Å². The second-order valence-corrected chi connectivity index (χ2v) is 7.15. The molecule has 0 radical (unpaired) electrons. The zero-order valence-electron chi connectivity index (χ0n) is 14.9. The molecule has 25 heavy (non-hydrogen) atoms. The van der Waals surface area contributed by atoms with Gasteiger partial charge in [0.05, 0.1) is 0 Å². The van der Waals surface area contributed by atoms with Gasteiger partial charge in [0.25, 0.3) is 0 Å². The van der Waals surface area contributed by atoms with Crippen molar-refractivity contribution < 1.29 is 0 Å². The van der Waals surface area contributed by atoms with E-state index >= 15 is 0 Å². The number of nitrogens with one attached hydrogen (secondary N) is 1. The molecule has 0 saturated heterocycles. The van der Waals surface area contributed by atoms with Crippen molar-refractivity contribution in [2.45, 2.75) is 45.4 Å². The Balaban J connectivity index is 2.06. The number of rotatable bonds is 8. The fourth-order valence-electron chi connectivity index (χ4n) is 3.43. The van der Waals surface area contributed by atoms with E-state index in [4.69, 9.17) is 17.3 Å². The van der Waals surface area contributed by atoms with Gasteiger partial charge in [0, 0.05) is 21.6 Å². The van der Waals surface area contributed by atoms with E-state index in [1.165, 1.54) is 40.6 Å². The molecule has 0 aliphatic heterocycles. The summed E-state index contributed by atoms with van der Waals surface area (Å²) in [5.41, 5.74) is 12.1. The molecule has 0 spiro atoms. The highest BCUT2D eigenvalue weighted by Crippen LogP contribution is 2.33. The molecule has 0 fully saturated rings. The van der Waals surface area contributed by atoms with Gasteiger partial charge in [0.1, 0.15) is 0 Å². The third kappa shape index (κ3) is 4.26. The summed E-state index contributed by atoms with van der Waals surface area (Å²) < 4.78 is 0. The van der Waals surface area contributed by atoms with E-state index in [-0.39, 0.29) is 0 Å². The number of hydrogen-bond donors (Lipinski definition) is 2. The molecule has 3 heteroatoms. The fourth-order valence-corrected chi connectivity index (χ4v) is 3.62. The molecule has 2 aromatic carbocycles. The molecular weight excluding hydrogens is 328 g/mol. The van der Waals surface area contributed by atoms with Gasteiger partial charge < -0.3 is 10.7 Å². The summed E-state index contributed by atoms with van der Waals surface area (Å²) in [7, 11) is 0. The number of unbranched alkanes of at least 4 members (excludes halogenated alkanes) is 2. The van der Waals surface area contributed by atoms with Crippen molar-refractivity contribution in [2.75, 3.05) is 6.54 Å². The summed E-state index contributed by atoms with van der Waals surface area (Å²) in [6, 6.07) is 14.9. The number of aromatic nitrogens is 1. The predicted molar refractivity (Wildman–Crippen MR) is 109 cm³/mol. The highest BCUT2D eigenvalue weighted by molar-refractivity contribution is 6.30. The van der Waals surface area contributed by atoms with E-state index in [0.29, 0.717) is 0 Å². The lowest BCUT2D eigenvalue weighted by Gasteiger charge is -2.06. The zero-order valence-corrected chi connectivity index (χ0v) is 15.7. The molecule has 0 unspecified atom stereocenters. The maximum Gasteiger partial charge on any atom is 0.0497 e. The number of nitrogens with two attached hydrogens (primary N) is 1. The molecule has 0 aliphatic carbocycles. The monoisotopic (exact) mass is 354 g/mol. The standard InChI is InChI=1S/C22H27ClN2/c1-2-3-7-16-11-12-21-20(14-16)19(10-4-5-13-24)22(25-21)17-8-6-9-18(23)15-17/h6,8-9,11-12,14-15,25H,2-5,7,10,13,24H2,1H3. The Morgan fingerprint density at radius 3 is 2.64 bits per heavy atom. The van der Waals surface area contributed by atoms with Gasteiger partial charge in [-0.15, -0.1) is 0 Å². The van der Waals surface area contributed by atoms with Crippen LogP contribution in [0.5, 0.6) is 0 Å². The molecule has 1 aromatic heterocycles. The second-order valence-electron chi connectivity index (χ2n) is 6.72. The summed E-state index contributed by atoms with van der Waals surface area (Å²) >= 11 is 6.22. The number of hydrogen-bond acceptors (Lipinski definition) is 1. The first-order valence-corrected chi connectivity index (χ1v) is 9.70. The Labute approximate surface area is 155 Å². The van der Waals surface area contributed by atoms with Crippen LogP contribution in [0.2, 0.25) is 5.02 Å². The Morgan fingerprint density at radius 1 is 1.00 bits per heavy atom. The van der Waals surface area contributed by atoms with E-state index in [2.05, 4.69) is 36.2 Å². The van der Waals surface area contributed by atoms with Crippen LogP contribution < -0.4 is 5.73 Å². The van der Waals surface area contributed by atoms with Crippen molar-refractivity contribution in [3.63, 3.8) is 0 Å². The van der Waals surface area contributed by atoms with E-state index < -0.39 is 0 Å². The second kappa shape index (κ2) is 8.55. The first kappa shape index (κ1) is 18.0. The minimum atomic E-state index is 0.747. The Bertz CT molecular complexity index is 835. The molecule has 0 bridgehead atoms. The van der Waals surface area contributed by atoms with Crippen molar-refractivity contribution in [1.82, 2.24) is 4.98 Å². The smallest absolute Gasteiger partial charge is 0.0497 e. The van der Waals surface area contributed by atoms with Crippen molar-refractivity contribution in [1.29, 1.82) is 0 Å². The maximum atomic E-state index is 6.22. The van der Waals surface area contributed by atoms with Crippen molar-refractivity contribution in [2.24, 2.45) is 5.73 Å². The lowest BCUT2D eigenvalue weighted by atomic mass is 9.98. The van der Waals surface area contributed by atoms with Crippen molar-refractivity contribution >= 4 is 22.5 Å². The number of aryl methyl sites for hydroxylation is 2. The van der Waals surface area contributed by atoms with Gasteiger partial charge in [-0.25, -0.2) is 0 Å². The van der Waals surface area contributed by atoms with Crippen molar-refractivity contribution in [3.05, 3.63) is 58.6 Å². The minimum absolute atomic E-state index is 0.747. The molecule has 0 aliphatic rings. The Morgan fingerprint density at radius 2 is 1.88 bits per heavy atom. The highest BCUT2D eigenvalue weighted by Gasteiger charge is 2.14. The molecule has 2 nitrogen and oxygen atoms in total. The molecule has 3 rings (SSSR count). The average molecular weight is 355 g/mol. The third-order valence-corrected chi connectivity index (χ3v) is 5.02. The van der Waals surface area contributed by atoms with Gasteiger partial charge in [0.15, 0.2) is 0 Å². The number of fused-ring (bicyclic) bond motifs is 1. The van der Waals surface area contributed by atoms with Crippen LogP contribution in [0.3, 0.4) is 0 Å². The summed E-state index contributed by atoms with van der Waals surface area (Å²) in [6.45, 7) is 2.99. The zero-order chi connectivity index (χ0) is 17.6. The minimum Gasteiger partial charge on any atom is -0.354 e. The largest absolute Gasteiger partial charge is 0.354 e. The van der Waals surface area contributed by atoms with E-state index in [9.17, 15) is 0 Å². The Kier molecular flexibility index (Phi) is 6.17. The first-order chi connectivity index (χ1) is 12.2. The quantitative estimate of drug-likeness (QED) is 0.470. The van der Waals surface area contributed by atoms with E-state index in [0.717, 1.165) is 42.8 Å². The van der Waals surface area contributed by atoms with Crippen LogP contribution in [-0.4, -0.2) is 11.5 Å². The van der Waals surface area contributed by atoms with Gasteiger partial charge in [-0.3, -0.25) is 0 Å². The lowest BCUT2D eigenvalue weighted by molar-refractivity contribution is 0.748. The number of benzene rings is 2. The fraction of sp³-hybridized carbons (Fsp3) is 0.364. The van der Waals surface area contributed by atoms with E-state index in [1.807, 2.05) is 18.2 Å². The normalized spacial score (nSPS) is 11.3. The molecule has 132 valence electrons. The molecule has 1 heterocycles. The third-order valence-electron chi connectivity index (χ3n) is 4.78. The van der Waals surface area contributed by atoms with E-state index in [1.54, 1.807) is 0 Å². The van der Waals surface area contributed by atoms with Crippen LogP contribution >= 0.6 is 11.6 Å². The van der Waals surface area contributed by atoms with Crippen molar-refractivity contribution in [3.8, 4) is 11.3 Å². The number of halogens is 1. The molecule has 3 aromatic rings. The van der Waals surface area contributed by atoms with Crippen LogP contribution in [0.1, 0.15) is 43.7 Å². The predicted octanol–water partition coefficient (Wildman–Crippen LogP) is 6.11. The molecule has 0 saturated carbocycles. The Hall–Kier alpha value is -1.77. The van der Waals surface area contributed by atoms with Crippen LogP contribution in [0, 0.1) is 0 Å². The molecular formula is C22H27ClN2. The molecule has 3 N–H and O–H groups in total. The SMILES string of the molecule is CCCCc1ccc2[nH]c(-c3cccc(Cl)c3)c(CCCCN)c2c1. The maximum absolute atomic E-state index is 6.22. The first-order valence-electron chi connectivity index (χ1n) is 9.32. The lowest BCUT2D eigenvalue weighted by Crippen LogP contribution is -1.99. The topological polar surface area (TPSA) is 41.8 Å². The highest BCUT2D eigenvalue weighted by atomic mass is 35.5. The summed E-state index contributed by atoms with van der Waals surface area (Å²) in [4.78, 5) is 3.63. The summed E-state index contributed by atoms with van der Waals surface area (Å²) in [5.74, 6) is 0. The molecule has 0 amide bonds. The average Bonchev–Trinajstić information content (AvgIpc) is 2.98. The summed E-state index contributed by atoms with van der Waals surface area (Å²) in [5, 5.41) is 2.12. The van der Waals surface area contributed by atoms with Crippen LogP contribution in [0.15, 0.2) is 42.5 Å². The van der Waals surface area contributed by atoms with Gasteiger partial charge in [-0.05, 0) is 79.6 Å². The van der Waals surface area contributed by atoms with Crippen LogP contribution in [-0.2, 0) is 12.8 Å². The van der Waals surface area contributed by atoms with Gasteiger partial charge in [-0.2, -0.15) is 0 Å². The summed E-state index contributed by atoms with van der Waals surface area (Å²) in [6.07, 6.45) is 6.80. The molecule has 0 atom stereocenters. The number of H-pyrrole nitrogens is 1.